The molecule has 1 unspecified atom stereocenters. The molecule has 2 aromatic carbocycles. The maximum absolute atomic E-state index is 13.0. The third kappa shape index (κ3) is 5.81. The van der Waals surface area contributed by atoms with Crippen LogP contribution in [0.15, 0.2) is 42.5 Å². The minimum Gasteiger partial charge on any atom is -0.496 e. The second kappa shape index (κ2) is 11.6. The van der Waals surface area contributed by atoms with Crippen molar-refractivity contribution in [1.82, 2.24) is 5.32 Å². The van der Waals surface area contributed by atoms with Crippen LogP contribution in [0.5, 0.6) is 5.75 Å². The summed E-state index contributed by atoms with van der Waals surface area (Å²) in [6.07, 6.45) is 5.72. The lowest BCUT2D eigenvalue weighted by Gasteiger charge is -2.33. The van der Waals surface area contributed by atoms with E-state index in [0.29, 0.717) is 11.3 Å². The number of hydrogen-bond acceptors (Lipinski definition) is 5. The van der Waals surface area contributed by atoms with Gasteiger partial charge in [-0.05, 0) is 49.4 Å². The quantitative estimate of drug-likeness (QED) is 0.576. The predicted molar refractivity (Wildman–Crippen MR) is 126 cm³/mol. The lowest BCUT2D eigenvalue weighted by atomic mass is 9.97. The normalized spacial score (nSPS) is 14.5. The molecule has 1 heterocycles. The smallest absolute Gasteiger partial charge is 0.337 e. The predicted octanol–water partition coefficient (Wildman–Crippen LogP) is 4.67. The zero-order chi connectivity index (χ0) is 22.9. The van der Waals surface area contributed by atoms with E-state index in [4.69, 9.17) is 9.47 Å². The zero-order valence-electron chi connectivity index (χ0n) is 19.4. The molecule has 0 spiro atoms. The Hall–Kier alpha value is -3.02. The molecule has 1 saturated heterocycles. The second-order valence-corrected chi connectivity index (χ2v) is 8.21. The Kier molecular flexibility index (Phi) is 8.54. The fourth-order valence-corrected chi connectivity index (χ4v) is 4.35. The highest BCUT2D eigenvalue weighted by atomic mass is 16.5. The van der Waals surface area contributed by atoms with E-state index >= 15 is 0 Å². The summed E-state index contributed by atoms with van der Waals surface area (Å²) in [5.74, 6) is 0.00135. The van der Waals surface area contributed by atoms with Crippen molar-refractivity contribution in [2.45, 2.75) is 51.5 Å². The van der Waals surface area contributed by atoms with Gasteiger partial charge in [0, 0.05) is 24.3 Å². The van der Waals surface area contributed by atoms with Gasteiger partial charge in [0.05, 0.1) is 32.2 Å². The number of nitrogens with one attached hydrogen (secondary N) is 1. The molecule has 0 bridgehead atoms. The molecule has 6 heteroatoms. The van der Waals surface area contributed by atoms with Gasteiger partial charge < -0.3 is 19.7 Å². The van der Waals surface area contributed by atoms with Crippen molar-refractivity contribution in [2.24, 2.45) is 0 Å². The molecule has 2 aromatic rings. The molecular weight excluding hydrogens is 404 g/mol. The van der Waals surface area contributed by atoms with Gasteiger partial charge in [-0.15, -0.1) is 0 Å². The molecule has 1 N–H and O–H groups in total. The molecule has 0 aliphatic carbocycles. The first kappa shape index (κ1) is 23.6. The number of para-hydroxylation sites is 1. The fraction of sp³-hybridized carbons (Fsp3) is 0.462. The summed E-state index contributed by atoms with van der Waals surface area (Å²) in [5, 5.41) is 3.25. The summed E-state index contributed by atoms with van der Waals surface area (Å²) in [6, 6.07) is 13.4. The Bertz CT molecular complexity index is 922. The molecule has 1 aliphatic rings. The van der Waals surface area contributed by atoms with Crippen molar-refractivity contribution >= 4 is 17.6 Å². The summed E-state index contributed by atoms with van der Waals surface area (Å²) in [4.78, 5) is 27.3. The Morgan fingerprint density at radius 1 is 1.06 bits per heavy atom. The summed E-state index contributed by atoms with van der Waals surface area (Å²) >= 11 is 0. The van der Waals surface area contributed by atoms with Crippen LogP contribution >= 0.6 is 0 Å². The Morgan fingerprint density at radius 2 is 1.81 bits per heavy atom. The highest BCUT2D eigenvalue weighted by Gasteiger charge is 2.22. The van der Waals surface area contributed by atoms with Gasteiger partial charge in [0.15, 0.2) is 0 Å². The van der Waals surface area contributed by atoms with Crippen molar-refractivity contribution < 1.29 is 19.1 Å². The maximum atomic E-state index is 13.0. The molecule has 1 aliphatic heterocycles. The first-order valence-electron chi connectivity index (χ1n) is 11.5. The van der Waals surface area contributed by atoms with Crippen LogP contribution < -0.4 is 15.0 Å². The number of esters is 1. The largest absolute Gasteiger partial charge is 0.496 e. The van der Waals surface area contributed by atoms with Gasteiger partial charge in [0.25, 0.3) is 0 Å². The molecule has 0 aromatic heterocycles. The molecule has 0 saturated carbocycles. The minimum absolute atomic E-state index is 0.0500. The molecule has 32 heavy (non-hydrogen) atoms. The van der Waals surface area contributed by atoms with Gasteiger partial charge in [-0.1, -0.05) is 37.6 Å². The van der Waals surface area contributed by atoms with Gasteiger partial charge >= 0.3 is 5.97 Å². The van der Waals surface area contributed by atoms with Crippen LogP contribution in [0.25, 0.3) is 0 Å². The van der Waals surface area contributed by atoms with E-state index in [1.807, 2.05) is 6.07 Å². The topological polar surface area (TPSA) is 67.9 Å². The number of carbonyl (C=O) groups excluding carboxylic acids is 2. The van der Waals surface area contributed by atoms with Gasteiger partial charge in [-0.25, -0.2) is 4.79 Å². The van der Waals surface area contributed by atoms with Crippen LogP contribution in [0, 0.1) is 0 Å². The number of piperidine rings is 1. The molecule has 1 atom stereocenters. The van der Waals surface area contributed by atoms with Crippen molar-refractivity contribution in [3.8, 4) is 5.75 Å². The first-order chi connectivity index (χ1) is 15.6. The van der Waals surface area contributed by atoms with E-state index in [-0.39, 0.29) is 18.4 Å². The van der Waals surface area contributed by atoms with E-state index < -0.39 is 5.97 Å². The van der Waals surface area contributed by atoms with Gasteiger partial charge in [0.2, 0.25) is 5.91 Å². The summed E-state index contributed by atoms with van der Waals surface area (Å²) in [7, 11) is 2.87. The van der Waals surface area contributed by atoms with Crippen LogP contribution in [0.4, 0.5) is 5.69 Å². The number of methoxy groups -OCH3 is 2. The molecule has 6 nitrogen and oxygen atoms in total. The summed E-state index contributed by atoms with van der Waals surface area (Å²) < 4.78 is 10.2. The van der Waals surface area contributed by atoms with Crippen molar-refractivity contribution in [3.63, 3.8) is 0 Å². The highest BCUT2D eigenvalue weighted by Crippen LogP contribution is 2.31. The number of rotatable bonds is 9. The number of amides is 1. The van der Waals surface area contributed by atoms with Crippen molar-refractivity contribution in [2.75, 3.05) is 32.2 Å². The number of ether oxygens (including phenoxy) is 2. The fourth-order valence-electron chi connectivity index (χ4n) is 4.35. The molecule has 1 fully saturated rings. The van der Waals surface area contributed by atoms with Crippen LogP contribution in [0.3, 0.4) is 0 Å². The second-order valence-electron chi connectivity index (χ2n) is 8.21. The van der Waals surface area contributed by atoms with Crippen LogP contribution in [0.1, 0.15) is 66.6 Å². The molecular formula is C26H34N2O4. The van der Waals surface area contributed by atoms with Crippen molar-refractivity contribution in [1.29, 1.82) is 0 Å². The molecule has 1 amide bonds. The number of anilines is 1. The minimum atomic E-state index is -0.434. The lowest BCUT2D eigenvalue weighted by Crippen LogP contribution is -2.34. The number of benzene rings is 2. The first-order valence-corrected chi connectivity index (χ1v) is 11.5. The molecule has 3 rings (SSSR count). The third-order valence-electron chi connectivity index (χ3n) is 5.98. The monoisotopic (exact) mass is 438 g/mol. The number of hydrogen-bond donors (Lipinski definition) is 1. The van der Waals surface area contributed by atoms with E-state index in [9.17, 15) is 9.59 Å². The van der Waals surface area contributed by atoms with E-state index in [1.165, 1.54) is 44.7 Å². The van der Waals surface area contributed by atoms with E-state index in [0.717, 1.165) is 31.5 Å². The van der Waals surface area contributed by atoms with E-state index in [1.54, 1.807) is 18.2 Å². The van der Waals surface area contributed by atoms with E-state index in [2.05, 4.69) is 35.3 Å². The molecule has 0 radical (unpaired) electrons. The summed E-state index contributed by atoms with van der Waals surface area (Å²) in [6.45, 7) is 4.26. The average molecular weight is 439 g/mol. The third-order valence-corrected chi connectivity index (χ3v) is 5.98. The highest BCUT2D eigenvalue weighted by molar-refractivity contribution is 5.90. The SMILES string of the molecule is CCCC(NC(=O)Cc1ccc(C(=O)OC)cc1OC)c1ccccc1N1CCCCC1. The molecule has 172 valence electrons. The average Bonchev–Trinajstić information content (AvgIpc) is 2.84. The zero-order valence-corrected chi connectivity index (χ0v) is 19.4. The number of carbonyl (C=O) groups is 2. The van der Waals surface area contributed by atoms with Crippen LogP contribution in [-0.2, 0) is 16.0 Å². The van der Waals surface area contributed by atoms with Crippen molar-refractivity contribution in [3.05, 3.63) is 59.2 Å². The Morgan fingerprint density at radius 3 is 2.50 bits per heavy atom. The Balaban J connectivity index is 1.77. The van der Waals surface area contributed by atoms with Crippen LogP contribution in [0.2, 0.25) is 0 Å². The lowest BCUT2D eigenvalue weighted by molar-refractivity contribution is -0.121. The Labute approximate surface area is 190 Å². The standard InChI is InChI=1S/C26H34N2O4/c1-4-10-22(21-11-6-7-12-23(21)28-15-8-5-9-16-28)27-25(29)18-19-13-14-20(26(30)32-3)17-24(19)31-2/h6-7,11-14,17,22H,4-5,8-10,15-16,18H2,1-3H3,(H,27,29). The van der Waals surface area contributed by atoms with Gasteiger partial charge in [-0.2, -0.15) is 0 Å². The van der Waals surface area contributed by atoms with Gasteiger partial charge in [-0.3, -0.25) is 4.79 Å². The maximum Gasteiger partial charge on any atom is 0.337 e. The van der Waals surface area contributed by atoms with Crippen LogP contribution in [-0.4, -0.2) is 39.2 Å². The van der Waals surface area contributed by atoms with Gasteiger partial charge in [0.1, 0.15) is 5.75 Å². The number of nitrogens with zero attached hydrogens (tertiary/aromatic N) is 1. The summed E-state index contributed by atoms with van der Waals surface area (Å²) in [5.41, 5.74) is 3.54.